The first kappa shape index (κ1) is 14.7. The smallest absolute Gasteiger partial charge is 0.109 e. The van der Waals surface area contributed by atoms with Crippen LogP contribution in [0.4, 0.5) is 0 Å². The van der Waals surface area contributed by atoms with E-state index in [9.17, 15) is 5.26 Å². The molecule has 1 N–H and O–H groups in total. The highest BCUT2D eigenvalue weighted by atomic mass is 35.5. The first-order chi connectivity index (χ1) is 9.20. The van der Waals surface area contributed by atoms with Crippen molar-refractivity contribution in [1.29, 1.82) is 5.26 Å². The van der Waals surface area contributed by atoms with E-state index in [0.29, 0.717) is 5.92 Å². The third-order valence-electron chi connectivity index (χ3n) is 4.01. The third-order valence-corrected chi connectivity index (χ3v) is 5.31. The van der Waals surface area contributed by atoms with Crippen LogP contribution in [0.1, 0.15) is 25.7 Å². The molecule has 2 rings (SSSR count). The van der Waals surface area contributed by atoms with Crippen molar-refractivity contribution < 1.29 is 0 Å². The predicted molar refractivity (Wildman–Crippen MR) is 81.5 cm³/mol. The Bertz CT molecular complexity index is 454. The van der Waals surface area contributed by atoms with Crippen LogP contribution < -0.4 is 5.32 Å². The summed E-state index contributed by atoms with van der Waals surface area (Å²) in [6, 6.07) is 10.4. The lowest BCUT2D eigenvalue weighted by atomic mass is 9.87. The van der Waals surface area contributed by atoms with E-state index >= 15 is 0 Å². The summed E-state index contributed by atoms with van der Waals surface area (Å²) in [4.78, 5) is 1.24. The molecule has 0 heterocycles. The van der Waals surface area contributed by atoms with Gasteiger partial charge in [-0.2, -0.15) is 5.26 Å². The highest BCUT2D eigenvalue weighted by molar-refractivity contribution is 7.99. The number of hydrogen-bond acceptors (Lipinski definition) is 3. The van der Waals surface area contributed by atoms with Gasteiger partial charge in [0.2, 0.25) is 0 Å². The van der Waals surface area contributed by atoms with Crippen LogP contribution in [0.5, 0.6) is 0 Å². The molecule has 102 valence electrons. The van der Waals surface area contributed by atoms with Crippen LogP contribution >= 0.6 is 23.4 Å². The van der Waals surface area contributed by atoms with E-state index in [1.165, 1.54) is 4.90 Å². The highest BCUT2D eigenvalue weighted by Crippen LogP contribution is 2.38. The van der Waals surface area contributed by atoms with E-state index in [1.807, 2.05) is 30.9 Å². The zero-order valence-corrected chi connectivity index (χ0v) is 12.7. The van der Waals surface area contributed by atoms with E-state index in [1.54, 1.807) is 0 Å². The fraction of sp³-hybridized carbons (Fsp3) is 0.533. The highest BCUT2D eigenvalue weighted by Gasteiger charge is 2.41. The molecule has 19 heavy (non-hydrogen) atoms. The van der Waals surface area contributed by atoms with Crippen LogP contribution in [0.2, 0.25) is 5.02 Å². The standard InChI is InChI=1S/C15H19ClN2S/c1-18-15(11-17)9-2-3-12(15)8-10-19-14-6-4-13(16)5-7-14/h4-7,12,18H,2-3,8-10H2,1H3. The molecule has 1 aliphatic rings. The average molecular weight is 295 g/mol. The number of benzene rings is 1. The van der Waals surface area contributed by atoms with Gasteiger partial charge >= 0.3 is 0 Å². The van der Waals surface area contributed by atoms with Gasteiger partial charge in [-0.25, -0.2) is 0 Å². The first-order valence-electron chi connectivity index (χ1n) is 6.69. The van der Waals surface area contributed by atoms with Crippen LogP contribution in [0, 0.1) is 17.2 Å². The second-order valence-corrected chi connectivity index (χ2v) is 6.62. The molecule has 4 heteroatoms. The van der Waals surface area contributed by atoms with E-state index < -0.39 is 0 Å². The summed E-state index contributed by atoms with van der Waals surface area (Å²) in [5, 5.41) is 13.4. The Hall–Kier alpha value is -0.690. The Morgan fingerprint density at radius 3 is 2.84 bits per heavy atom. The molecule has 2 atom stereocenters. The molecule has 1 fully saturated rings. The Morgan fingerprint density at radius 1 is 1.47 bits per heavy atom. The monoisotopic (exact) mass is 294 g/mol. The third kappa shape index (κ3) is 3.45. The maximum atomic E-state index is 9.40. The van der Waals surface area contributed by atoms with Gasteiger partial charge in [0.15, 0.2) is 0 Å². The van der Waals surface area contributed by atoms with Crippen molar-refractivity contribution >= 4 is 23.4 Å². The Kier molecular flexibility index (Phi) is 5.15. The average Bonchev–Trinajstić information content (AvgIpc) is 2.84. The molecule has 0 spiro atoms. The molecule has 1 aromatic rings. The Balaban J connectivity index is 1.86. The van der Waals surface area contributed by atoms with Crippen LogP contribution in [-0.2, 0) is 0 Å². The first-order valence-corrected chi connectivity index (χ1v) is 8.05. The van der Waals surface area contributed by atoms with E-state index in [-0.39, 0.29) is 5.54 Å². The number of nitrogens with zero attached hydrogens (tertiary/aromatic N) is 1. The SMILES string of the molecule is CNC1(C#N)CCCC1CCSc1ccc(Cl)cc1. The van der Waals surface area contributed by atoms with Gasteiger partial charge in [0.05, 0.1) is 6.07 Å². The molecule has 1 aliphatic carbocycles. The van der Waals surface area contributed by atoms with Gasteiger partial charge in [-0.3, -0.25) is 0 Å². The van der Waals surface area contributed by atoms with Gasteiger partial charge in [-0.1, -0.05) is 18.0 Å². The number of hydrogen-bond donors (Lipinski definition) is 1. The molecule has 0 radical (unpaired) electrons. The molecule has 2 unspecified atom stereocenters. The number of halogens is 1. The normalized spacial score (nSPS) is 26.3. The molecular formula is C15H19ClN2S. The van der Waals surface area contributed by atoms with Crippen molar-refractivity contribution in [2.45, 2.75) is 36.1 Å². The zero-order valence-electron chi connectivity index (χ0n) is 11.2. The van der Waals surface area contributed by atoms with Crippen molar-refractivity contribution in [3.63, 3.8) is 0 Å². The van der Waals surface area contributed by atoms with Gasteiger partial charge < -0.3 is 5.32 Å². The van der Waals surface area contributed by atoms with Crippen LogP contribution in [-0.4, -0.2) is 18.3 Å². The maximum absolute atomic E-state index is 9.40. The topological polar surface area (TPSA) is 35.8 Å². The van der Waals surface area contributed by atoms with E-state index in [0.717, 1.165) is 36.5 Å². The van der Waals surface area contributed by atoms with Crippen LogP contribution in [0.3, 0.4) is 0 Å². The molecular weight excluding hydrogens is 276 g/mol. The van der Waals surface area contributed by atoms with E-state index in [4.69, 9.17) is 11.6 Å². The Morgan fingerprint density at radius 2 is 2.21 bits per heavy atom. The number of nitrogens with one attached hydrogen (secondary N) is 1. The van der Waals surface area contributed by atoms with Crippen molar-refractivity contribution in [3.8, 4) is 6.07 Å². The molecule has 0 saturated heterocycles. The number of thioether (sulfide) groups is 1. The van der Waals surface area contributed by atoms with Crippen molar-refractivity contribution in [2.75, 3.05) is 12.8 Å². The molecule has 0 aromatic heterocycles. The summed E-state index contributed by atoms with van der Waals surface area (Å²) >= 11 is 7.71. The quantitative estimate of drug-likeness (QED) is 0.830. The molecule has 0 amide bonds. The lowest BCUT2D eigenvalue weighted by Crippen LogP contribution is -2.44. The molecule has 0 aliphatic heterocycles. The number of nitriles is 1. The molecule has 2 nitrogen and oxygen atoms in total. The maximum Gasteiger partial charge on any atom is 0.109 e. The fourth-order valence-electron chi connectivity index (χ4n) is 2.85. The molecule has 1 aromatic carbocycles. The molecule has 1 saturated carbocycles. The van der Waals surface area contributed by atoms with Crippen molar-refractivity contribution in [2.24, 2.45) is 5.92 Å². The summed E-state index contributed by atoms with van der Waals surface area (Å²) in [5.41, 5.74) is -0.291. The van der Waals surface area contributed by atoms with Gasteiger partial charge in [0.25, 0.3) is 0 Å². The predicted octanol–water partition coefficient (Wildman–Crippen LogP) is 4.10. The second-order valence-electron chi connectivity index (χ2n) is 5.01. The summed E-state index contributed by atoms with van der Waals surface area (Å²) in [6.45, 7) is 0. The Labute approximate surface area is 124 Å². The summed E-state index contributed by atoms with van der Waals surface area (Å²) in [7, 11) is 1.91. The summed E-state index contributed by atoms with van der Waals surface area (Å²) < 4.78 is 0. The van der Waals surface area contributed by atoms with E-state index in [2.05, 4.69) is 23.5 Å². The van der Waals surface area contributed by atoms with Crippen molar-refractivity contribution in [1.82, 2.24) is 5.32 Å². The van der Waals surface area contributed by atoms with Crippen LogP contribution in [0.15, 0.2) is 29.2 Å². The lowest BCUT2D eigenvalue weighted by Gasteiger charge is -2.28. The molecule has 0 bridgehead atoms. The van der Waals surface area contributed by atoms with Gasteiger partial charge in [-0.05, 0) is 62.2 Å². The van der Waals surface area contributed by atoms with Crippen molar-refractivity contribution in [3.05, 3.63) is 29.3 Å². The summed E-state index contributed by atoms with van der Waals surface area (Å²) in [6.07, 6.45) is 4.39. The minimum Gasteiger partial charge on any atom is -0.302 e. The fourth-order valence-corrected chi connectivity index (χ4v) is 3.94. The van der Waals surface area contributed by atoms with Crippen LogP contribution in [0.25, 0.3) is 0 Å². The van der Waals surface area contributed by atoms with Gasteiger partial charge in [0, 0.05) is 9.92 Å². The second kappa shape index (κ2) is 6.65. The largest absolute Gasteiger partial charge is 0.302 e. The zero-order chi connectivity index (χ0) is 13.7. The number of rotatable bonds is 5. The van der Waals surface area contributed by atoms with Gasteiger partial charge in [0.1, 0.15) is 5.54 Å². The summed E-state index contributed by atoms with van der Waals surface area (Å²) in [5.74, 6) is 1.53. The minimum absolute atomic E-state index is 0.291. The minimum atomic E-state index is -0.291. The van der Waals surface area contributed by atoms with Gasteiger partial charge in [-0.15, -0.1) is 11.8 Å². The lowest BCUT2D eigenvalue weighted by molar-refractivity contribution is 0.332.